The molecular formula is C24H26N4O2S. The highest BCUT2D eigenvalue weighted by atomic mass is 32.2. The molecule has 1 atom stereocenters. The van der Waals surface area contributed by atoms with Crippen LogP contribution < -0.4 is 4.74 Å². The summed E-state index contributed by atoms with van der Waals surface area (Å²) in [5.74, 6) is 2.58. The zero-order valence-corrected chi connectivity index (χ0v) is 18.4. The second-order valence-electron chi connectivity index (χ2n) is 7.81. The first-order chi connectivity index (χ1) is 15.3. The molecule has 3 heterocycles. The van der Waals surface area contributed by atoms with E-state index in [1.54, 1.807) is 11.8 Å². The van der Waals surface area contributed by atoms with Crippen LogP contribution in [0.1, 0.15) is 18.4 Å². The Labute approximate surface area is 186 Å². The highest BCUT2D eigenvalue weighted by Crippen LogP contribution is 2.31. The molecular weight excluding hydrogens is 408 g/mol. The van der Waals surface area contributed by atoms with Crippen LogP contribution in [-0.2, 0) is 11.3 Å². The molecule has 2 aromatic carbocycles. The maximum atomic E-state index is 5.92. The lowest BCUT2D eigenvalue weighted by atomic mass is 10.1. The normalized spacial score (nSPS) is 16.2. The third-order valence-electron chi connectivity index (χ3n) is 5.56. The molecule has 160 valence electrons. The molecule has 0 bridgehead atoms. The topological polar surface area (TPSA) is 65.0 Å². The average Bonchev–Trinajstić information content (AvgIpc) is 3.53. The molecule has 1 unspecified atom stereocenters. The van der Waals surface area contributed by atoms with Crippen LogP contribution in [0.4, 0.5) is 0 Å². The molecule has 1 fully saturated rings. The van der Waals surface area contributed by atoms with Crippen molar-refractivity contribution in [3.63, 3.8) is 0 Å². The van der Waals surface area contributed by atoms with Gasteiger partial charge < -0.3 is 14.5 Å². The Morgan fingerprint density at radius 1 is 1.16 bits per heavy atom. The zero-order valence-electron chi connectivity index (χ0n) is 17.6. The van der Waals surface area contributed by atoms with Crippen molar-refractivity contribution in [3.8, 4) is 17.1 Å². The highest BCUT2D eigenvalue weighted by molar-refractivity contribution is 7.99. The molecule has 1 aliphatic heterocycles. The summed E-state index contributed by atoms with van der Waals surface area (Å²) < 4.78 is 14.0. The molecule has 0 saturated carbocycles. The number of nitrogens with one attached hydrogen (secondary N) is 1. The van der Waals surface area contributed by atoms with Crippen LogP contribution in [0, 0.1) is 6.92 Å². The quantitative estimate of drug-likeness (QED) is 0.309. The summed E-state index contributed by atoms with van der Waals surface area (Å²) in [4.78, 5) is 3.35. The Morgan fingerprint density at radius 2 is 2.03 bits per heavy atom. The molecule has 31 heavy (non-hydrogen) atoms. The van der Waals surface area contributed by atoms with Gasteiger partial charge in [0.2, 0.25) is 0 Å². The molecule has 2 aromatic heterocycles. The number of fused-ring (bicyclic) bond motifs is 1. The third-order valence-corrected chi connectivity index (χ3v) is 6.49. The van der Waals surface area contributed by atoms with Gasteiger partial charge in [-0.1, -0.05) is 47.7 Å². The van der Waals surface area contributed by atoms with Crippen molar-refractivity contribution in [1.82, 2.24) is 19.7 Å². The fourth-order valence-electron chi connectivity index (χ4n) is 3.93. The lowest BCUT2D eigenvalue weighted by molar-refractivity contribution is 0.0953. The van der Waals surface area contributed by atoms with E-state index in [-0.39, 0.29) is 6.10 Å². The van der Waals surface area contributed by atoms with E-state index < -0.39 is 0 Å². The summed E-state index contributed by atoms with van der Waals surface area (Å²) in [6.45, 7) is 4.29. The Kier molecular flexibility index (Phi) is 5.95. The van der Waals surface area contributed by atoms with E-state index in [1.165, 1.54) is 5.56 Å². The number of rotatable bonds is 8. The van der Waals surface area contributed by atoms with E-state index in [0.717, 1.165) is 64.9 Å². The van der Waals surface area contributed by atoms with Crippen LogP contribution in [-0.4, -0.2) is 44.8 Å². The van der Waals surface area contributed by atoms with Crippen LogP contribution in [0.3, 0.4) is 0 Å². The van der Waals surface area contributed by atoms with Crippen molar-refractivity contribution in [2.45, 2.75) is 37.6 Å². The second-order valence-corrected chi connectivity index (χ2v) is 8.87. The lowest BCUT2D eigenvalue weighted by Crippen LogP contribution is -2.17. The van der Waals surface area contributed by atoms with E-state index in [4.69, 9.17) is 9.47 Å². The Balaban J connectivity index is 1.34. The SMILES string of the molecule is Cc1ccc(OCCSc2nnc(-c3c[nH]c4ccccc34)n2CC2CCCO2)cc1. The summed E-state index contributed by atoms with van der Waals surface area (Å²) in [6, 6.07) is 16.4. The minimum Gasteiger partial charge on any atom is -0.493 e. The van der Waals surface area contributed by atoms with Crippen molar-refractivity contribution in [2.24, 2.45) is 0 Å². The second kappa shape index (κ2) is 9.16. The molecule has 0 amide bonds. The van der Waals surface area contributed by atoms with Gasteiger partial charge in [-0.05, 0) is 38.0 Å². The number of aromatic nitrogens is 4. The average molecular weight is 435 g/mol. The van der Waals surface area contributed by atoms with Crippen LogP contribution in [0.5, 0.6) is 5.75 Å². The van der Waals surface area contributed by atoms with Gasteiger partial charge in [0, 0.05) is 35.0 Å². The molecule has 0 aliphatic carbocycles. The number of benzene rings is 2. The fourth-order valence-corrected chi connectivity index (χ4v) is 4.70. The highest BCUT2D eigenvalue weighted by Gasteiger charge is 2.23. The standard InChI is InChI=1S/C24H26N4O2S/c1-17-8-10-18(11-9-17)30-13-14-31-24-27-26-23(28(24)16-19-5-4-12-29-19)21-15-25-22-7-3-2-6-20(21)22/h2-3,6-11,15,19,25H,4-5,12-14,16H2,1H3. The predicted molar refractivity (Wildman–Crippen MR) is 124 cm³/mol. The van der Waals surface area contributed by atoms with Gasteiger partial charge in [0.05, 0.1) is 19.3 Å². The van der Waals surface area contributed by atoms with E-state index >= 15 is 0 Å². The lowest BCUT2D eigenvalue weighted by Gasteiger charge is -2.14. The number of thioether (sulfide) groups is 1. The number of para-hydroxylation sites is 1. The van der Waals surface area contributed by atoms with E-state index in [1.807, 2.05) is 24.4 Å². The minimum absolute atomic E-state index is 0.211. The van der Waals surface area contributed by atoms with Crippen molar-refractivity contribution < 1.29 is 9.47 Å². The summed E-state index contributed by atoms with van der Waals surface area (Å²) >= 11 is 1.67. The van der Waals surface area contributed by atoms with Gasteiger partial charge in [0.15, 0.2) is 11.0 Å². The van der Waals surface area contributed by atoms with Crippen molar-refractivity contribution in [3.05, 3.63) is 60.3 Å². The summed E-state index contributed by atoms with van der Waals surface area (Å²) in [7, 11) is 0. The molecule has 0 spiro atoms. The first-order valence-corrected chi connectivity index (χ1v) is 11.7. The molecule has 1 N–H and O–H groups in total. The largest absolute Gasteiger partial charge is 0.493 e. The summed E-state index contributed by atoms with van der Waals surface area (Å²) in [5, 5.41) is 11.2. The number of H-pyrrole nitrogens is 1. The monoisotopic (exact) mass is 434 g/mol. The molecule has 1 aliphatic rings. The van der Waals surface area contributed by atoms with Gasteiger partial charge in [0.25, 0.3) is 0 Å². The Bertz CT molecular complexity index is 1150. The van der Waals surface area contributed by atoms with Gasteiger partial charge in [-0.2, -0.15) is 0 Å². The number of hydrogen-bond acceptors (Lipinski definition) is 5. The summed E-state index contributed by atoms with van der Waals surface area (Å²) in [6.07, 6.45) is 4.42. The number of aromatic amines is 1. The number of hydrogen-bond donors (Lipinski definition) is 1. The first kappa shape index (κ1) is 20.2. The maximum absolute atomic E-state index is 5.92. The van der Waals surface area contributed by atoms with Gasteiger partial charge in [0.1, 0.15) is 5.75 Å². The Hall–Kier alpha value is -2.77. The first-order valence-electron chi connectivity index (χ1n) is 10.7. The molecule has 5 rings (SSSR count). The van der Waals surface area contributed by atoms with Crippen LogP contribution in [0.2, 0.25) is 0 Å². The number of nitrogens with zero attached hydrogens (tertiary/aromatic N) is 3. The van der Waals surface area contributed by atoms with Crippen LogP contribution in [0.15, 0.2) is 59.9 Å². The van der Waals surface area contributed by atoms with Gasteiger partial charge in [-0.15, -0.1) is 10.2 Å². The predicted octanol–water partition coefficient (Wildman–Crippen LogP) is 5.08. The van der Waals surface area contributed by atoms with E-state index in [2.05, 4.69) is 57.0 Å². The summed E-state index contributed by atoms with van der Waals surface area (Å²) in [5.41, 5.74) is 3.41. The number of ether oxygens (including phenoxy) is 2. The van der Waals surface area contributed by atoms with Gasteiger partial charge in [-0.25, -0.2) is 0 Å². The van der Waals surface area contributed by atoms with Crippen molar-refractivity contribution in [1.29, 1.82) is 0 Å². The fraction of sp³-hybridized carbons (Fsp3) is 0.333. The van der Waals surface area contributed by atoms with Crippen LogP contribution in [0.25, 0.3) is 22.3 Å². The minimum atomic E-state index is 0.211. The molecule has 0 radical (unpaired) electrons. The maximum Gasteiger partial charge on any atom is 0.191 e. The van der Waals surface area contributed by atoms with Gasteiger partial charge in [-0.3, -0.25) is 4.57 Å². The zero-order chi connectivity index (χ0) is 21.0. The molecule has 6 nitrogen and oxygen atoms in total. The van der Waals surface area contributed by atoms with Gasteiger partial charge >= 0.3 is 0 Å². The van der Waals surface area contributed by atoms with E-state index in [0.29, 0.717) is 6.61 Å². The van der Waals surface area contributed by atoms with E-state index in [9.17, 15) is 0 Å². The third kappa shape index (κ3) is 4.48. The molecule has 7 heteroatoms. The smallest absolute Gasteiger partial charge is 0.191 e. The molecule has 4 aromatic rings. The van der Waals surface area contributed by atoms with Crippen LogP contribution >= 0.6 is 11.8 Å². The Morgan fingerprint density at radius 3 is 2.87 bits per heavy atom. The van der Waals surface area contributed by atoms with Crippen molar-refractivity contribution in [2.75, 3.05) is 19.0 Å². The number of aryl methyl sites for hydroxylation is 1. The van der Waals surface area contributed by atoms with Crippen molar-refractivity contribution >= 4 is 22.7 Å². The molecule has 1 saturated heterocycles.